The second-order valence-corrected chi connectivity index (χ2v) is 5.76. The van der Waals surface area contributed by atoms with Crippen LogP contribution in [0, 0.1) is 0 Å². The van der Waals surface area contributed by atoms with E-state index in [-0.39, 0.29) is 23.1 Å². The van der Waals surface area contributed by atoms with E-state index in [0.29, 0.717) is 11.4 Å². The molecule has 0 unspecified atom stereocenters. The lowest BCUT2D eigenvalue weighted by Gasteiger charge is -2.11. The molecule has 0 aliphatic heterocycles. The largest absolute Gasteiger partial charge is 0.493 e. The Labute approximate surface area is 173 Å². The van der Waals surface area contributed by atoms with E-state index in [2.05, 4.69) is 36.0 Å². The van der Waals surface area contributed by atoms with Crippen molar-refractivity contribution in [2.45, 2.75) is 6.61 Å². The van der Waals surface area contributed by atoms with Crippen LogP contribution >= 0.6 is 0 Å². The van der Waals surface area contributed by atoms with Gasteiger partial charge in [0.2, 0.25) is 5.82 Å². The molecule has 1 aromatic carbocycles. The van der Waals surface area contributed by atoms with E-state index >= 15 is 0 Å². The van der Waals surface area contributed by atoms with Crippen molar-refractivity contribution in [3.63, 3.8) is 0 Å². The normalized spacial score (nSPS) is 10.5. The number of halogens is 2. The fourth-order valence-electron chi connectivity index (χ4n) is 2.32. The van der Waals surface area contributed by atoms with Crippen molar-refractivity contribution in [1.82, 2.24) is 25.9 Å². The van der Waals surface area contributed by atoms with E-state index < -0.39 is 25.0 Å². The summed E-state index contributed by atoms with van der Waals surface area (Å²) in [6.45, 7) is -3.43. The van der Waals surface area contributed by atoms with E-state index in [9.17, 15) is 18.4 Å². The molecule has 162 valence electrons. The van der Waals surface area contributed by atoms with Gasteiger partial charge in [0.05, 0.1) is 13.7 Å². The van der Waals surface area contributed by atoms with Crippen LogP contribution in [-0.4, -0.2) is 47.2 Å². The van der Waals surface area contributed by atoms with Crippen molar-refractivity contribution in [2.75, 3.05) is 19.1 Å². The SMILES string of the molecule is COc1cc(C(=O)NCC(=O)NNc2nc(-c3ccncc3)no2)ccc1OC(F)F. The van der Waals surface area contributed by atoms with E-state index in [1.807, 2.05) is 0 Å². The molecular formula is C18H16F2N6O5. The molecule has 0 bridgehead atoms. The molecule has 0 atom stereocenters. The third-order valence-corrected chi connectivity index (χ3v) is 3.72. The lowest BCUT2D eigenvalue weighted by atomic mass is 10.2. The highest BCUT2D eigenvalue weighted by molar-refractivity contribution is 5.97. The first-order valence-corrected chi connectivity index (χ1v) is 8.66. The quantitative estimate of drug-likeness (QED) is 0.428. The van der Waals surface area contributed by atoms with Crippen molar-refractivity contribution in [3.8, 4) is 22.9 Å². The first-order valence-electron chi connectivity index (χ1n) is 8.66. The van der Waals surface area contributed by atoms with Crippen molar-refractivity contribution < 1.29 is 32.4 Å². The maximum atomic E-state index is 12.4. The average molecular weight is 434 g/mol. The number of carbonyl (C=O) groups excluding carboxylic acids is 2. The Balaban J connectivity index is 1.49. The van der Waals surface area contributed by atoms with Gasteiger partial charge in [-0.3, -0.25) is 20.0 Å². The van der Waals surface area contributed by atoms with E-state index in [0.717, 1.165) is 6.07 Å². The van der Waals surface area contributed by atoms with Crippen LogP contribution in [0.1, 0.15) is 10.4 Å². The van der Waals surface area contributed by atoms with Gasteiger partial charge in [-0.2, -0.15) is 13.8 Å². The molecule has 13 heteroatoms. The minimum atomic E-state index is -3.04. The summed E-state index contributed by atoms with van der Waals surface area (Å²) in [6.07, 6.45) is 3.14. The molecule has 3 aromatic rings. The molecule has 2 aromatic heterocycles. The van der Waals surface area contributed by atoms with Crippen LogP contribution in [0.2, 0.25) is 0 Å². The van der Waals surface area contributed by atoms with Crippen LogP contribution in [0.15, 0.2) is 47.2 Å². The fraction of sp³-hybridized carbons (Fsp3) is 0.167. The van der Waals surface area contributed by atoms with Crippen LogP contribution < -0.4 is 25.6 Å². The Hall–Kier alpha value is -4.29. The monoisotopic (exact) mass is 434 g/mol. The number of hydrazine groups is 1. The Bertz CT molecular complexity index is 1050. The molecule has 0 aliphatic rings. The summed E-state index contributed by atoms with van der Waals surface area (Å²) in [5, 5.41) is 6.12. The molecule has 0 saturated carbocycles. The zero-order chi connectivity index (χ0) is 22.2. The number of methoxy groups -OCH3 is 1. The van der Waals surface area contributed by atoms with E-state index in [4.69, 9.17) is 9.26 Å². The maximum absolute atomic E-state index is 12.4. The smallest absolute Gasteiger partial charge is 0.387 e. The summed E-state index contributed by atoms with van der Waals surface area (Å²) in [4.78, 5) is 32.0. The lowest BCUT2D eigenvalue weighted by Crippen LogP contribution is -2.39. The number of carbonyl (C=O) groups is 2. The second-order valence-electron chi connectivity index (χ2n) is 5.76. The maximum Gasteiger partial charge on any atom is 0.387 e. The van der Waals surface area contributed by atoms with Gasteiger partial charge in [0.1, 0.15) is 0 Å². The van der Waals surface area contributed by atoms with Gasteiger partial charge < -0.3 is 19.3 Å². The summed E-state index contributed by atoms with van der Waals surface area (Å²) in [5.41, 5.74) is 5.46. The topological polar surface area (TPSA) is 140 Å². The number of hydrogen-bond donors (Lipinski definition) is 3. The van der Waals surface area contributed by atoms with Gasteiger partial charge in [0, 0.05) is 23.5 Å². The highest BCUT2D eigenvalue weighted by atomic mass is 19.3. The first-order chi connectivity index (χ1) is 15.0. The third kappa shape index (κ3) is 5.85. The van der Waals surface area contributed by atoms with Gasteiger partial charge in [0.25, 0.3) is 11.8 Å². The Morgan fingerprint density at radius 2 is 1.94 bits per heavy atom. The molecule has 2 heterocycles. The number of nitrogens with one attached hydrogen (secondary N) is 3. The molecule has 31 heavy (non-hydrogen) atoms. The summed E-state index contributed by atoms with van der Waals surface area (Å²) in [5.74, 6) is -1.22. The summed E-state index contributed by atoms with van der Waals surface area (Å²) in [7, 11) is 1.24. The number of anilines is 1. The summed E-state index contributed by atoms with van der Waals surface area (Å²) in [6, 6.07) is 6.93. The molecule has 3 rings (SSSR count). The van der Waals surface area contributed by atoms with Gasteiger partial charge in [0.15, 0.2) is 11.5 Å². The first kappa shape index (κ1) is 21.4. The Kier molecular flexibility index (Phi) is 6.88. The average Bonchev–Trinajstić information content (AvgIpc) is 3.25. The number of amides is 2. The predicted molar refractivity (Wildman–Crippen MR) is 101 cm³/mol. The Morgan fingerprint density at radius 1 is 1.16 bits per heavy atom. The molecule has 0 aliphatic carbocycles. The molecule has 0 saturated heterocycles. The van der Waals surface area contributed by atoms with Crippen LogP contribution in [0.25, 0.3) is 11.4 Å². The molecule has 11 nitrogen and oxygen atoms in total. The van der Waals surface area contributed by atoms with Gasteiger partial charge in [-0.25, -0.2) is 5.43 Å². The van der Waals surface area contributed by atoms with Crippen LogP contribution in [0.4, 0.5) is 14.8 Å². The van der Waals surface area contributed by atoms with Gasteiger partial charge in [-0.05, 0) is 30.3 Å². The number of aromatic nitrogens is 3. The number of benzene rings is 1. The van der Waals surface area contributed by atoms with Crippen molar-refractivity contribution in [3.05, 3.63) is 48.3 Å². The number of alkyl halides is 2. The molecule has 2 amide bonds. The van der Waals surface area contributed by atoms with Crippen LogP contribution in [0.5, 0.6) is 11.5 Å². The zero-order valence-electron chi connectivity index (χ0n) is 16.0. The van der Waals surface area contributed by atoms with Crippen molar-refractivity contribution in [2.24, 2.45) is 0 Å². The zero-order valence-corrected chi connectivity index (χ0v) is 16.0. The predicted octanol–water partition coefficient (Wildman–Crippen LogP) is 1.61. The summed E-state index contributed by atoms with van der Waals surface area (Å²) >= 11 is 0. The Morgan fingerprint density at radius 3 is 2.65 bits per heavy atom. The number of nitrogens with zero attached hydrogens (tertiary/aromatic N) is 3. The summed E-state index contributed by atoms with van der Waals surface area (Å²) < 4.78 is 38.9. The number of ether oxygens (including phenoxy) is 2. The lowest BCUT2D eigenvalue weighted by molar-refractivity contribution is -0.119. The van der Waals surface area contributed by atoms with E-state index in [1.165, 1.54) is 19.2 Å². The molecular weight excluding hydrogens is 418 g/mol. The standard InChI is InChI=1S/C18H16F2N6O5/c1-29-13-8-11(2-3-12(13)30-17(19)20)16(28)22-9-14(27)24-25-18-23-15(26-31-18)10-4-6-21-7-5-10/h2-8,17H,9H2,1H3,(H,22,28)(H,24,27)(H,23,25,26). The minimum Gasteiger partial charge on any atom is -0.493 e. The van der Waals surface area contributed by atoms with Gasteiger partial charge in [-0.1, -0.05) is 5.16 Å². The van der Waals surface area contributed by atoms with Gasteiger partial charge in [-0.15, -0.1) is 0 Å². The highest BCUT2D eigenvalue weighted by Crippen LogP contribution is 2.29. The van der Waals surface area contributed by atoms with Crippen molar-refractivity contribution in [1.29, 1.82) is 0 Å². The molecule has 0 fully saturated rings. The molecule has 0 spiro atoms. The van der Waals surface area contributed by atoms with Gasteiger partial charge >= 0.3 is 12.6 Å². The number of pyridine rings is 1. The van der Waals surface area contributed by atoms with E-state index in [1.54, 1.807) is 24.5 Å². The number of hydrogen-bond acceptors (Lipinski definition) is 9. The van der Waals surface area contributed by atoms with Crippen LogP contribution in [0.3, 0.4) is 0 Å². The minimum absolute atomic E-state index is 0.0551. The van der Waals surface area contributed by atoms with Crippen LogP contribution in [-0.2, 0) is 4.79 Å². The fourth-order valence-corrected chi connectivity index (χ4v) is 2.32. The van der Waals surface area contributed by atoms with Crippen molar-refractivity contribution >= 4 is 17.8 Å². The molecule has 3 N–H and O–H groups in total. The molecule has 0 radical (unpaired) electrons. The number of rotatable bonds is 9. The second kappa shape index (κ2) is 9.96. The third-order valence-electron chi connectivity index (χ3n) is 3.72. The highest BCUT2D eigenvalue weighted by Gasteiger charge is 2.15.